The maximum absolute atomic E-state index is 13.5. The van der Waals surface area contributed by atoms with E-state index in [-0.39, 0.29) is 5.82 Å². The molecule has 21 heavy (non-hydrogen) atoms. The quantitative estimate of drug-likeness (QED) is 0.933. The highest BCUT2D eigenvalue weighted by molar-refractivity contribution is 5.69. The zero-order valence-corrected chi connectivity index (χ0v) is 12.4. The second-order valence-corrected chi connectivity index (χ2v) is 5.70. The largest absolute Gasteiger partial charge is 0.325 e. The SMILES string of the molecule is CC(C)NCc1cccnc1N1CCc2ccc(F)cc21. The van der Waals surface area contributed by atoms with Crippen molar-refractivity contribution in [1.82, 2.24) is 10.3 Å². The number of hydrogen-bond donors (Lipinski definition) is 1. The molecule has 3 nitrogen and oxygen atoms in total. The number of halogens is 1. The van der Waals surface area contributed by atoms with Gasteiger partial charge in [-0.15, -0.1) is 0 Å². The van der Waals surface area contributed by atoms with Crippen molar-refractivity contribution in [1.29, 1.82) is 0 Å². The Morgan fingerprint density at radius 3 is 3.00 bits per heavy atom. The van der Waals surface area contributed by atoms with E-state index < -0.39 is 0 Å². The molecular weight excluding hydrogens is 265 g/mol. The van der Waals surface area contributed by atoms with Crippen molar-refractivity contribution in [3.05, 3.63) is 53.5 Å². The van der Waals surface area contributed by atoms with E-state index in [1.54, 1.807) is 12.3 Å². The molecule has 2 aromatic rings. The van der Waals surface area contributed by atoms with Gasteiger partial charge < -0.3 is 10.2 Å². The summed E-state index contributed by atoms with van der Waals surface area (Å²) in [6.07, 6.45) is 2.73. The van der Waals surface area contributed by atoms with Gasteiger partial charge in [0.05, 0.1) is 0 Å². The predicted octanol–water partition coefficient (Wildman–Crippen LogP) is 3.41. The number of fused-ring (bicyclic) bond motifs is 1. The number of nitrogens with one attached hydrogen (secondary N) is 1. The Labute approximate surface area is 124 Å². The normalized spacial score (nSPS) is 13.8. The topological polar surface area (TPSA) is 28.2 Å². The van der Waals surface area contributed by atoms with Gasteiger partial charge in [-0.3, -0.25) is 0 Å². The van der Waals surface area contributed by atoms with Crippen molar-refractivity contribution in [2.75, 3.05) is 11.4 Å². The predicted molar refractivity (Wildman–Crippen MR) is 83.3 cm³/mol. The minimum atomic E-state index is -0.196. The molecule has 0 aliphatic carbocycles. The number of hydrogen-bond acceptors (Lipinski definition) is 3. The van der Waals surface area contributed by atoms with Gasteiger partial charge in [0.1, 0.15) is 11.6 Å². The van der Waals surface area contributed by atoms with Crippen molar-refractivity contribution in [2.45, 2.75) is 32.9 Å². The lowest BCUT2D eigenvalue weighted by Gasteiger charge is -2.22. The number of benzene rings is 1. The van der Waals surface area contributed by atoms with E-state index in [1.165, 1.54) is 11.6 Å². The molecule has 1 N–H and O–H groups in total. The summed E-state index contributed by atoms with van der Waals surface area (Å²) in [5, 5.41) is 3.42. The first-order valence-corrected chi connectivity index (χ1v) is 7.38. The van der Waals surface area contributed by atoms with Crippen molar-refractivity contribution in [3.8, 4) is 0 Å². The molecule has 1 aromatic carbocycles. The average Bonchev–Trinajstić information content (AvgIpc) is 2.88. The molecule has 110 valence electrons. The maximum atomic E-state index is 13.5. The van der Waals surface area contributed by atoms with Gasteiger partial charge in [0.2, 0.25) is 0 Å². The van der Waals surface area contributed by atoms with Crippen LogP contribution in [0.3, 0.4) is 0 Å². The number of anilines is 2. The summed E-state index contributed by atoms with van der Waals surface area (Å²) >= 11 is 0. The summed E-state index contributed by atoms with van der Waals surface area (Å²) in [7, 11) is 0. The fourth-order valence-corrected chi connectivity index (χ4v) is 2.70. The highest BCUT2D eigenvalue weighted by atomic mass is 19.1. The molecule has 2 heterocycles. The van der Waals surface area contributed by atoms with E-state index in [2.05, 4.69) is 35.1 Å². The van der Waals surface area contributed by atoms with Gasteiger partial charge in [0.15, 0.2) is 0 Å². The minimum Gasteiger partial charge on any atom is -0.325 e. The van der Waals surface area contributed by atoms with E-state index in [0.717, 1.165) is 36.6 Å². The Morgan fingerprint density at radius 1 is 1.33 bits per heavy atom. The number of aromatic nitrogens is 1. The summed E-state index contributed by atoms with van der Waals surface area (Å²) in [5.41, 5.74) is 3.27. The summed E-state index contributed by atoms with van der Waals surface area (Å²) in [4.78, 5) is 6.65. The van der Waals surface area contributed by atoms with Gasteiger partial charge in [-0.2, -0.15) is 0 Å². The van der Waals surface area contributed by atoms with Crippen LogP contribution in [-0.4, -0.2) is 17.6 Å². The van der Waals surface area contributed by atoms with Gasteiger partial charge in [-0.05, 0) is 30.2 Å². The lowest BCUT2D eigenvalue weighted by atomic mass is 10.1. The Kier molecular flexibility index (Phi) is 3.88. The number of rotatable bonds is 4. The molecule has 1 aliphatic rings. The zero-order chi connectivity index (χ0) is 14.8. The third-order valence-corrected chi connectivity index (χ3v) is 3.77. The van der Waals surface area contributed by atoms with Crippen LogP contribution < -0.4 is 10.2 Å². The fraction of sp³-hybridized carbons (Fsp3) is 0.353. The molecular formula is C17H20FN3. The van der Waals surface area contributed by atoms with Crippen LogP contribution >= 0.6 is 0 Å². The Morgan fingerprint density at radius 2 is 2.19 bits per heavy atom. The fourth-order valence-electron chi connectivity index (χ4n) is 2.70. The van der Waals surface area contributed by atoms with E-state index >= 15 is 0 Å². The van der Waals surface area contributed by atoms with Crippen LogP contribution in [0.5, 0.6) is 0 Å². The molecule has 0 saturated heterocycles. The zero-order valence-electron chi connectivity index (χ0n) is 12.4. The molecule has 0 saturated carbocycles. The van der Waals surface area contributed by atoms with E-state index in [9.17, 15) is 4.39 Å². The van der Waals surface area contributed by atoms with Crippen molar-refractivity contribution in [3.63, 3.8) is 0 Å². The summed E-state index contributed by atoms with van der Waals surface area (Å²) in [6, 6.07) is 9.46. The second kappa shape index (κ2) is 5.82. The first-order chi connectivity index (χ1) is 10.1. The van der Waals surface area contributed by atoms with Crippen LogP contribution in [-0.2, 0) is 13.0 Å². The minimum absolute atomic E-state index is 0.196. The van der Waals surface area contributed by atoms with Crippen molar-refractivity contribution >= 4 is 11.5 Å². The van der Waals surface area contributed by atoms with E-state index in [1.807, 2.05) is 12.1 Å². The van der Waals surface area contributed by atoms with Crippen molar-refractivity contribution < 1.29 is 4.39 Å². The van der Waals surface area contributed by atoms with Crippen LogP contribution in [0.2, 0.25) is 0 Å². The smallest absolute Gasteiger partial charge is 0.137 e. The molecule has 3 rings (SSSR count). The van der Waals surface area contributed by atoms with Crippen LogP contribution in [0.4, 0.5) is 15.9 Å². The van der Waals surface area contributed by atoms with Crippen LogP contribution in [0.25, 0.3) is 0 Å². The molecule has 4 heteroatoms. The molecule has 1 aliphatic heterocycles. The third-order valence-electron chi connectivity index (χ3n) is 3.77. The van der Waals surface area contributed by atoms with Gasteiger partial charge in [-0.25, -0.2) is 9.37 Å². The van der Waals surface area contributed by atoms with Crippen LogP contribution in [0.15, 0.2) is 36.5 Å². The van der Waals surface area contributed by atoms with Gasteiger partial charge in [0, 0.05) is 36.6 Å². The average molecular weight is 285 g/mol. The lowest BCUT2D eigenvalue weighted by Crippen LogP contribution is -2.24. The number of nitrogens with zero attached hydrogens (tertiary/aromatic N) is 2. The van der Waals surface area contributed by atoms with Gasteiger partial charge in [-0.1, -0.05) is 26.0 Å². The number of pyridine rings is 1. The molecule has 0 spiro atoms. The lowest BCUT2D eigenvalue weighted by molar-refractivity contribution is 0.588. The molecule has 0 bridgehead atoms. The van der Waals surface area contributed by atoms with E-state index in [0.29, 0.717) is 6.04 Å². The molecule has 1 aromatic heterocycles. The summed E-state index contributed by atoms with van der Waals surface area (Å²) in [5.74, 6) is 0.730. The summed E-state index contributed by atoms with van der Waals surface area (Å²) in [6.45, 7) is 5.86. The monoisotopic (exact) mass is 285 g/mol. The summed E-state index contributed by atoms with van der Waals surface area (Å²) < 4.78 is 13.5. The maximum Gasteiger partial charge on any atom is 0.137 e. The Hall–Kier alpha value is -1.94. The van der Waals surface area contributed by atoms with Crippen LogP contribution in [0, 0.1) is 5.82 Å². The molecule has 0 fully saturated rings. The Balaban J connectivity index is 1.94. The third kappa shape index (κ3) is 2.90. The molecule has 0 unspecified atom stereocenters. The van der Waals surface area contributed by atoms with Crippen LogP contribution in [0.1, 0.15) is 25.0 Å². The first kappa shape index (κ1) is 14.0. The second-order valence-electron chi connectivity index (χ2n) is 5.70. The highest BCUT2D eigenvalue weighted by Gasteiger charge is 2.23. The standard InChI is InChI=1S/C17H20FN3/c1-12(2)20-11-14-4-3-8-19-17(14)21-9-7-13-5-6-15(18)10-16(13)21/h3-6,8,10,12,20H,7,9,11H2,1-2H3. The van der Waals surface area contributed by atoms with Crippen molar-refractivity contribution in [2.24, 2.45) is 0 Å². The Bertz CT molecular complexity index is 640. The van der Waals surface area contributed by atoms with E-state index in [4.69, 9.17) is 0 Å². The highest BCUT2D eigenvalue weighted by Crippen LogP contribution is 2.35. The molecule has 0 amide bonds. The van der Waals surface area contributed by atoms with Gasteiger partial charge >= 0.3 is 0 Å². The molecule has 0 radical (unpaired) electrons. The molecule has 0 atom stereocenters. The van der Waals surface area contributed by atoms with Gasteiger partial charge in [0.25, 0.3) is 0 Å². The first-order valence-electron chi connectivity index (χ1n) is 7.38.